The molecule has 0 saturated heterocycles. The summed E-state index contributed by atoms with van der Waals surface area (Å²) in [6.45, 7) is 7.17. The first kappa shape index (κ1) is 26.5. The Bertz CT molecular complexity index is 959. The lowest BCUT2D eigenvalue weighted by Crippen LogP contribution is -2.48. The summed E-state index contributed by atoms with van der Waals surface area (Å²) >= 11 is 1.21. The second kappa shape index (κ2) is 10.9. The number of alkyl halides is 3. The zero-order valence-corrected chi connectivity index (χ0v) is 20.0. The minimum absolute atomic E-state index is 0.0290. The number of aromatic nitrogens is 1. The molecule has 0 aliphatic rings. The molecule has 0 radical (unpaired) electrons. The lowest BCUT2D eigenvalue weighted by molar-refractivity contribution is -0.274. The van der Waals surface area contributed by atoms with E-state index < -0.39 is 21.9 Å². The molecule has 7 nitrogen and oxygen atoms in total. The number of sulfonamides is 1. The fourth-order valence-electron chi connectivity index (χ4n) is 3.02. The van der Waals surface area contributed by atoms with Crippen molar-refractivity contribution in [2.24, 2.45) is 0 Å². The second-order valence-electron chi connectivity index (χ2n) is 7.72. The number of unbranched alkanes of at least 4 members (excludes halogenated alkanes) is 2. The molecule has 0 aliphatic carbocycles. The van der Waals surface area contributed by atoms with Gasteiger partial charge in [0, 0.05) is 17.0 Å². The zero-order chi connectivity index (χ0) is 24.0. The number of hydrogen-bond acceptors (Lipinski definition) is 7. The summed E-state index contributed by atoms with van der Waals surface area (Å²) in [5.74, 6) is -0.0917. The number of rotatable bonds is 12. The maximum atomic E-state index is 12.8. The van der Waals surface area contributed by atoms with E-state index in [2.05, 4.69) is 26.3 Å². The largest absolute Gasteiger partial charge is 0.573 e. The van der Waals surface area contributed by atoms with Gasteiger partial charge in [-0.2, -0.15) is 0 Å². The zero-order valence-electron chi connectivity index (χ0n) is 18.4. The minimum atomic E-state index is -4.75. The van der Waals surface area contributed by atoms with Gasteiger partial charge in [-0.1, -0.05) is 31.3 Å². The molecular formula is C20H28F3N3O4S2. The van der Waals surface area contributed by atoms with Gasteiger partial charge in [-0.3, -0.25) is 4.72 Å². The molecule has 1 heterocycles. The molecule has 2 aromatic rings. The van der Waals surface area contributed by atoms with Crippen molar-refractivity contribution in [2.45, 2.75) is 75.1 Å². The van der Waals surface area contributed by atoms with Gasteiger partial charge in [0.1, 0.15) is 16.3 Å². The van der Waals surface area contributed by atoms with Crippen LogP contribution in [-0.4, -0.2) is 32.0 Å². The van der Waals surface area contributed by atoms with E-state index in [9.17, 15) is 21.6 Å². The number of aryl methyl sites for hydroxylation is 2. The highest BCUT2D eigenvalue weighted by Gasteiger charge is 2.31. The molecule has 32 heavy (non-hydrogen) atoms. The Balaban J connectivity index is 2.07. The Morgan fingerprint density at radius 2 is 1.81 bits per heavy atom. The van der Waals surface area contributed by atoms with E-state index in [1.165, 1.54) is 43.1 Å². The van der Waals surface area contributed by atoms with Crippen molar-refractivity contribution in [2.75, 3.05) is 6.54 Å². The van der Waals surface area contributed by atoms with Gasteiger partial charge in [0.05, 0.1) is 0 Å². The van der Waals surface area contributed by atoms with Crippen LogP contribution >= 0.6 is 11.9 Å². The summed E-state index contributed by atoms with van der Waals surface area (Å²) < 4.78 is 77.3. The van der Waals surface area contributed by atoms with E-state index in [1.54, 1.807) is 6.92 Å². The number of halogens is 3. The van der Waals surface area contributed by atoms with Crippen LogP contribution in [0.4, 0.5) is 13.2 Å². The quantitative estimate of drug-likeness (QED) is 0.312. The Morgan fingerprint density at radius 3 is 2.34 bits per heavy atom. The Labute approximate surface area is 190 Å². The van der Waals surface area contributed by atoms with Gasteiger partial charge in [0.25, 0.3) is 0 Å². The first-order chi connectivity index (χ1) is 14.9. The monoisotopic (exact) mass is 495 g/mol. The van der Waals surface area contributed by atoms with E-state index in [4.69, 9.17) is 4.52 Å². The molecule has 2 N–H and O–H groups in total. The van der Waals surface area contributed by atoms with E-state index in [1.807, 2.05) is 6.92 Å². The SMILES string of the molecule is CCCCCC(C)(CNS(=O)(=O)c1c(C)noc1C)NSc1ccc(OC(F)(F)F)cc1. The first-order valence-electron chi connectivity index (χ1n) is 10.1. The van der Waals surface area contributed by atoms with E-state index in [0.29, 0.717) is 11.3 Å². The van der Waals surface area contributed by atoms with Crippen LogP contribution < -0.4 is 14.2 Å². The molecule has 12 heteroatoms. The highest BCUT2D eigenvalue weighted by atomic mass is 32.2. The van der Waals surface area contributed by atoms with Crippen LogP contribution in [0.1, 0.15) is 51.0 Å². The van der Waals surface area contributed by atoms with Gasteiger partial charge in [0.2, 0.25) is 10.0 Å². The standard InChI is InChI=1S/C20H28F3N3O4S2/c1-5-6-7-12-19(4,13-24-32(27,28)18-14(2)25-30-15(18)3)26-31-17-10-8-16(9-11-17)29-20(21,22)23/h8-11,24,26H,5-7,12-13H2,1-4H3. The molecule has 0 saturated carbocycles. The molecule has 1 aromatic carbocycles. The van der Waals surface area contributed by atoms with Crippen molar-refractivity contribution < 1.29 is 30.8 Å². The summed E-state index contributed by atoms with van der Waals surface area (Å²) in [6, 6.07) is 5.46. The molecule has 0 aliphatic heterocycles. The summed E-state index contributed by atoms with van der Waals surface area (Å²) in [5.41, 5.74) is -0.335. The highest BCUT2D eigenvalue weighted by Crippen LogP contribution is 2.27. The first-order valence-corrected chi connectivity index (χ1v) is 12.4. The van der Waals surface area contributed by atoms with Crippen LogP contribution in [0.25, 0.3) is 0 Å². The van der Waals surface area contributed by atoms with Crippen molar-refractivity contribution in [1.82, 2.24) is 14.6 Å². The lowest BCUT2D eigenvalue weighted by atomic mass is 9.96. The van der Waals surface area contributed by atoms with E-state index >= 15 is 0 Å². The molecule has 1 atom stereocenters. The van der Waals surface area contributed by atoms with Crippen molar-refractivity contribution in [3.63, 3.8) is 0 Å². The van der Waals surface area contributed by atoms with Gasteiger partial charge < -0.3 is 9.26 Å². The van der Waals surface area contributed by atoms with Gasteiger partial charge in [-0.05, 0) is 63.4 Å². The average molecular weight is 496 g/mol. The fourth-order valence-corrected chi connectivity index (χ4v) is 5.32. The van der Waals surface area contributed by atoms with E-state index in [0.717, 1.165) is 19.3 Å². The lowest BCUT2D eigenvalue weighted by Gasteiger charge is -2.30. The van der Waals surface area contributed by atoms with Crippen molar-refractivity contribution in [3.8, 4) is 5.75 Å². The Hall–Kier alpha value is -1.76. The maximum Gasteiger partial charge on any atom is 0.573 e. The molecule has 0 bridgehead atoms. The molecule has 0 amide bonds. The van der Waals surface area contributed by atoms with Crippen molar-refractivity contribution >= 4 is 22.0 Å². The normalized spacial score (nSPS) is 14.3. The molecule has 0 fully saturated rings. The van der Waals surface area contributed by atoms with Gasteiger partial charge in [0.15, 0.2) is 5.76 Å². The topological polar surface area (TPSA) is 93.5 Å². The van der Waals surface area contributed by atoms with E-state index in [-0.39, 0.29) is 28.6 Å². The Kier molecular flexibility index (Phi) is 9.03. The highest BCUT2D eigenvalue weighted by molar-refractivity contribution is 7.97. The van der Waals surface area contributed by atoms with Crippen LogP contribution in [0, 0.1) is 13.8 Å². The molecule has 0 spiro atoms. The molecular weight excluding hydrogens is 467 g/mol. The van der Waals surface area contributed by atoms with Crippen LogP contribution in [0.15, 0.2) is 38.6 Å². The van der Waals surface area contributed by atoms with Crippen molar-refractivity contribution in [3.05, 3.63) is 35.7 Å². The third-order valence-electron chi connectivity index (χ3n) is 4.69. The molecule has 2 rings (SSSR count). The third kappa shape index (κ3) is 7.98. The van der Waals surface area contributed by atoms with Gasteiger partial charge in [-0.25, -0.2) is 13.1 Å². The molecule has 180 valence electrons. The summed E-state index contributed by atoms with van der Waals surface area (Å²) in [6.07, 6.45) is -1.18. The van der Waals surface area contributed by atoms with Crippen LogP contribution in [0.5, 0.6) is 5.75 Å². The molecule has 1 aromatic heterocycles. The Morgan fingerprint density at radius 1 is 1.16 bits per heavy atom. The molecule has 1 unspecified atom stereocenters. The number of hydrogen-bond donors (Lipinski definition) is 2. The third-order valence-corrected chi connectivity index (χ3v) is 7.44. The summed E-state index contributed by atoms with van der Waals surface area (Å²) in [7, 11) is -3.83. The number of nitrogens with one attached hydrogen (secondary N) is 2. The van der Waals surface area contributed by atoms with Crippen LogP contribution in [0.3, 0.4) is 0 Å². The predicted molar refractivity (Wildman–Crippen MR) is 116 cm³/mol. The second-order valence-corrected chi connectivity index (χ2v) is 10.3. The van der Waals surface area contributed by atoms with Crippen molar-refractivity contribution in [1.29, 1.82) is 0 Å². The van der Waals surface area contributed by atoms with Gasteiger partial charge in [-0.15, -0.1) is 13.2 Å². The fraction of sp³-hybridized carbons (Fsp3) is 0.550. The predicted octanol–water partition coefficient (Wildman–Crippen LogP) is 5.10. The number of nitrogens with zero attached hydrogens (tertiary/aromatic N) is 1. The summed E-state index contributed by atoms with van der Waals surface area (Å²) in [4.78, 5) is 0.691. The van der Waals surface area contributed by atoms with Crippen LogP contribution in [-0.2, 0) is 10.0 Å². The minimum Gasteiger partial charge on any atom is -0.406 e. The number of ether oxygens (including phenoxy) is 1. The smallest absolute Gasteiger partial charge is 0.406 e. The maximum absolute atomic E-state index is 12.8. The number of benzene rings is 1. The average Bonchev–Trinajstić information content (AvgIpc) is 3.04. The summed E-state index contributed by atoms with van der Waals surface area (Å²) in [5, 5.41) is 3.70. The van der Waals surface area contributed by atoms with Gasteiger partial charge >= 0.3 is 6.36 Å². The van der Waals surface area contributed by atoms with Crippen LogP contribution in [0.2, 0.25) is 0 Å².